The lowest BCUT2D eigenvalue weighted by Gasteiger charge is -2.15. The Hall–Kier alpha value is -2.91. The number of nitrogens with zero attached hydrogens (tertiary/aromatic N) is 1. The molecule has 120 valence electrons. The molecular weight excluding hydrogens is 302 g/mol. The van der Waals surface area contributed by atoms with Gasteiger partial charge in [0.05, 0.1) is 12.7 Å². The molecule has 22 heavy (non-hydrogen) atoms. The molecule has 0 fully saturated rings. The van der Waals surface area contributed by atoms with Crippen LogP contribution in [0, 0.1) is 10.1 Å². The van der Waals surface area contributed by atoms with Gasteiger partial charge in [0.15, 0.2) is 0 Å². The summed E-state index contributed by atoms with van der Waals surface area (Å²) in [5.74, 6) is -3.93. The summed E-state index contributed by atoms with van der Waals surface area (Å²) in [4.78, 5) is 43.8. The third-order valence-corrected chi connectivity index (χ3v) is 2.18. The minimum absolute atomic E-state index is 0.00302. The minimum Gasteiger partial charge on any atom is -0.462 e. The van der Waals surface area contributed by atoms with Crippen molar-refractivity contribution in [3.8, 4) is 0 Å². The highest BCUT2D eigenvalue weighted by Crippen LogP contribution is 2.31. The van der Waals surface area contributed by atoms with E-state index in [4.69, 9.17) is 18.6 Å². The highest BCUT2D eigenvalue weighted by atomic mass is 16.7. The quantitative estimate of drug-likeness (QED) is 0.331. The van der Waals surface area contributed by atoms with Crippen LogP contribution in [0.2, 0.25) is 0 Å². The Morgan fingerprint density at radius 3 is 2.23 bits per heavy atom. The first-order chi connectivity index (χ1) is 10.3. The van der Waals surface area contributed by atoms with E-state index in [-0.39, 0.29) is 12.2 Å². The molecule has 1 heterocycles. The van der Waals surface area contributed by atoms with Crippen LogP contribution in [0.3, 0.4) is 0 Å². The van der Waals surface area contributed by atoms with Crippen LogP contribution in [0.4, 0.5) is 5.88 Å². The van der Waals surface area contributed by atoms with Crippen molar-refractivity contribution in [3.63, 3.8) is 0 Å². The molecule has 1 aromatic rings. The van der Waals surface area contributed by atoms with Gasteiger partial charge in [0.25, 0.3) is 0 Å². The van der Waals surface area contributed by atoms with E-state index in [0.717, 1.165) is 19.9 Å². The molecule has 10 heteroatoms. The Bertz CT molecular complexity index is 588. The predicted octanol–water partition coefficient (Wildman–Crippen LogP) is 1.49. The Kier molecular flexibility index (Phi) is 5.61. The maximum Gasteiger partial charge on any atom is 0.434 e. The molecule has 1 aromatic heterocycles. The Morgan fingerprint density at radius 1 is 1.27 bits per heavy atom. The molecule has 0 amide bonds. The molecule has 0 aliphatic carbocycles. The van der Waals surface area contributed by atoms with Crippen LogP contribution >= 0.6 is 0 Å². The lowest BCUT2D eigenvalue weighted by atomic mass is 10.2. The predicted molar refractivity (Wildman–Crippen MR) is 67.6 cm³/mol. The first-order valence-corrected chi connectivity index (χ1v) is 6.05. The third-order valence-electron chi connectivity index (χ3n) is 2.18. The van der Waals surface area contributed by atoms with E-state index in [9.17, 15) is 24.5 Å². The lowest BCUT2D eigenvalue weighted by Crippen LogP contribution is -2.17. The van der Waals surface area contributed by atoms with Crippen LogP contribution in [0.5, 0.6) is 0 Å². The van der Waals surface area contributed by atoms with Gasteiger partial charge < -0.3 is 18.6 Å². The van der Waals surface area contributed by atoms with Gasteiger partial charge in [-0.05, 0) is 6.92 Å². The first-order valence-electron chi connectivity index (χ1n) is 6.05. The van der Waals surface area contributed by atoms with Crippen molar-refractivity contribution in [2.24, 2.45) is 0 Å². The van der Waals surface area contributed by atoms with Crippen molar-refractivity contribution in [1.29, 1.82) is 0 Å². The summed E-state index contributed by atoms with van der Waals surface area (Å²) in [5, 5.41) is 10.8. The van der Waals surface area contributed by atoms with E-state index in [1.54, 1.807) is 0 Å². The smallest absolute Gasteiger partial charge is 0.434 e. The molecule has 0 spiro atoms. The average Bonchev–Trinajstić information content (AvgIpc) is 2.82. The number of nitro groups is 1. The summed E-state index contributed by atoms with van der Waals surface area (Å²) in [6.45, 7) is 3.58. The van der Waals surface area contributed by atoms with Crippen LogP contribution in [-0.4, -0.2) is 29.4 Å². The molecule has 0 saturated carbocycles. The molecule has 1 rings (SSSR count). The molecular formula is C12H13NO9. The standard InChI is InChI=1S/C12H13NO9/c1-4-19-11(16)8-5-9(13(17)18)22-10(8)12(20-6(2)14)21-7(3)15/h5,12H,4H2,1-3H3. The van der Waals surface area contributed by atoms with Crippen molar-refractivity contribution in [2.75, 3.05) is 6.61 Å². The Balaban J connectivity index is 3.31. The maximum absolute atomic E-state index is 11.8. The molecule has 0 unspecified atom stereocenters. The number of carbonyl (C=O) groups excluding carboxylic acids is 3. The molecule has 0 N–H and O–H groups in total. The minimum atomic E-state index is -1.73. The molecule has 0 atom stereocenters. The SMILES string of the molecule is CCOC(=O)c1cc([N+](=O)[O-])oc1C(OC(C)=O)OC(C)=O. The number of hydrogen-bond acceptors (Lipinski definition) is 9. The van der Waals surface area contributed by atoms with Crippen LogP contribution in [0.1, 0.15) is 43.2 Å². The topological polar surface area (TPSA) is 135 Å². The third kappa shape index (κ3) is 4.30. The fourth-order valence-electron chi connectivity index (χ4n) is 1.46. The summed E-state index contributed by atoms with van der Waals surface area (Å²) < 4.78 is 19.0. The van der Waals surface area contributed by atoms with Gasteiger partial charge in [-0.2, -0.15) is 0 Å². The largest absolute Gasteiger partial charge is 0.462 e. The van der Waals surface area contributed by atoms with Crippen LogP contribution in [-0.2, 0) is 23.8 Å². The fraction of sp³-hybridized carbons (Fsp3) is 0.417. The molecule has 0 aliphatic rings. The number of carbonyl (C=O) groups is 3. The first kappa shape index (κ1) is 17.1. The highest BCUT2D eigenvalue weighted by molar-refractivity contribution is 5.91. The zero-order valence-corrected chi connectivity index (χ0v) is 12.0. The molecule has 0 aliphatic heterocycles. The summed E-state index contributed by atoms with van der Waals surface area (Å²) in [6, 6.07) is 0.799. The van der Waals surface area contributed by atoms with E-state index < -0.39 is 40.8 Å². The van der Waals surface area contributed by atoms with Crippen molar-refractivity contribution in [3.05, 3.63) is 27.5 Å². The summed E-state index contributed by atoms with van der Waals surface area (Å²) >= 11 is 0. The number of rotatable bonds is 6. The maximum atomic E-state index is 11.8. The monoisotopic (exact) mass is 315 g/mol. The second-order valence-corrected chi connectivity index (χ2v) is 3.89. The van der Waals surface area contributed by atoms with E-state index in [1.165, 1.54) is 6.92 Å². The lowest BCUT2D eigenvalue weighted by molar-refractivity contribution is -0.402. The molecule has 0 bridgehead atoms. The summed E-state index contributed by atoms with van der Waals surface area (Å²) in [5.41, 5.74) is -0.374. The van der Waals surface area contributed by atoms with Gasteiger partial charge in [-0.1, -0.05) is 0 Å². The number of hydrogen-bond donors (Lipinski definition) is 0. The van der Waals surface area contributed by atoms with Crippen molar-refractivity contribution < 1.29 is 37.9 Å². The van der Waals surface area contributed by atoms with Crippen molar-refractivity contribution in [1.82, 2.24) is 0 Å². The summed E-state index contributed by atoms with van der Waals surface area (Å²) in [7, 11) is 0. The molecule has 0 saturated heterocycles. The fourth-order valence-corrected chi connectivity index (χ4v) is 1.46. The van der Waals surface area contributed by atoms with Crippen molar-refractivity contribution >= 4 is 23.8 Å². The second-order valence-electron chi connectivity index (χ2n) is 3.89. The van der Waals surface area contributed by atoms with E-state index >= 15 is 0 Å². The number of furan rings is 1. The van der Waals surface area contributed by atoms with Gasteiger partial charge in [-0.3, -0.25) is 19.7 Å². The zero-order chi connectivity index (χ0) is 16.9. The van der Waals surface area contributed by atoms with E-state index in [1.807, 2.05) is 0 Å². The summed E-state index contributed by atoms with van der Waals surface area (Å²) in [6.07, 6.45) is -1.73. The normalized spacial score (nSPS) is 10.2. The van der Waals surface area contributed by atoms with E-state index in [2.05, 4.69) is 0 Å². The highest BCUT2D eigenvalue weighted by Gasteiger charge is 2.33. The van der Waals surface area contributed by atoms with Gasteiger partial charge in [-0.15, -0.1) is 0 Å². The van der Waals surface area contributed by atoms with Gasteiger partial charge >= 0.3 is 30.1 Å². The van der Waals surface area contributed by atoms with Gasteiger partial charge in [0, 0.05) is 13.8 Å². The average molecular weight is 315 g/mol. The second kappa shape index (κ2) is 7.20. The molecule has 10 nitrogen and oxygen atoms in total. The van der Waals surface area contributed by atoms with Gasteiger partial charge in [-0.25, -0.2) is 4.79 Å². The van der Waals surface area contributed by atoms with Crippen LogP contribution in [0.15, 0.2) is 10.5 Å². The van der Waals surface area contributed by atoms with Gasteiger partial charge in [0.2, 0.25) is 5.76 Å². The van der Waals surface area contributed by atoms with Gasteiger partial charge in [0.1, 0.15) is 10.5 Å². The zero-order valence-electron chi connectivity index (χ0n) is 12.0. The molecule has 0 aromatic carbocycles. The van der Waals surface area contributed by atoms with Crippen molar-refractivity contribution in [2.45, 2.75) is 27.1 Å². The molecule has 0 radical (unpaired) electrons. The van der Waals surface area contributed by atoms with Crippen LogP contribution in [0.25, 0.3) is 0 Å². The van der Waals surface area contributed by atoms with Crippen LogP contribution < -0.4 is 0 Å². The number of ether oxygens (including phenoxy) is 3. The Labute approximate surface area is 124 Å². The van der Waals surface area contributed by atoms with E-state index in [0.29, 0.717) is 0 Å². The Morgan fingerprint density at radius 2 is 1.82 bits per heavy atom. The number of esters is 3.